The molecule has 3 aromatic rings. The van der Waals surface area contributed by atoms with Gasteiger partial charge in [0, 0.05) is 0 Å². The van der Waals surface area contributed by atoms with Crippen LogP contribution in [0.4, 0.5) is 4.39 Å². The minimum absolute atomic E-state index is 0.0602. The molecule has 2 unspecified atom stereocenters. The third-order valence-corrected chi connectivity index (χ3v) is 5.41. The Labute approximate surface area is 183 Å². The number of hydrazine groups is 1. The second kappa shape index (κ2) is 8.39. The van der Waals surface area contributed by atoms with Gasteiger partial charge in [-0.2, -0.15) is 10.1 Å². The van der Waals surface area contributed by atoms with E-state index < -0.39 is 6.04 Å². The number of rotatable bonds is 6. The average molecular weight is 436 g/mol. The number of para-hydroxylation sites is 1. The van der Waals surface area contributed by atoms with Crippen molar-refractivity contribution >= 4 is 12.2 Å². The van der Waals surface area contributed by atoms with Gasteiger partial charge in [0.25, 0.3) is 5.91 Å². The van der Waals surface area contributed by atoms with Crippen LogP contribution in [0.15, 0.2) is 58.2 Å². The van der Waals surface area contributed by atoms with E-state index in [2.05, 4.69) is 20.7 Å². The van der Waals surface area contributed by atoms with E-state index in [1.807, 2.05) is 31.2 Å². The van der Waals surface area contributed by atoms with E-state index in [1.165, 1.54) is 17.1 Å². The first-order valence-corrected chi connectivity index (χ1v) is 10.3. The highest BCUT2D eigenvalue weighted by Crippen LogP contribution is 2.31. The standard InChI is InChI=1S/C22H21FN6O3/c1-2-31-19-6-4-3-5-16(19)21-25-20(32-27-21)12-28-22(30)18-11-17(26-29(18)13-24-28)14-7-9-15(23)10-8-14/h3-10,13,17-18,26H,2,11-12H2,1H3. The van der Waals surface area contributed by atoms with E-state index in [9.17, 15) is 9.18 Å². The number of nitrogens with zero attached hydrogens (tertiary/aromatic N) is 5. The summed E-state index contributed by atoms with van der Waals surface area (Å²) in [6, 6.07) is 13.1. The molecule has 164 valence electrons. The molecule has 1 fully saturated rings. The third kappa shape index (κ3) is 3.80. The number of fused-ring (bicyclic) bond motifs is 1. The molecule has 0 spiro atoms. The minimum atomic E-state index is -0.427. The molecule has 2 atom stereocenters. The molecule has 32 heavy (non-hydrogen) atoms. The summed E-state index contributed by atoms with van der Waals surface area (Å²) < 4.78 is 24.2. The minimum Gasteiger partial charge on any atom is -0.493 e. The Hall–Kier alpha value is -3.79. The van der Waals surface area contributed by atoms with Gasteiger partial charge in [-0.25, -0.2) is 14.8 Å². The Bertz CT molecular complexity index is 1150. The van der Waals surface area contributed by atoms with Crippen LogP contribution in [0.3, 0.4) is 0 Å². The number of hydrogen-bond donors (Lipinski definition) is 1. The molecular formula is C22H21FN6O3. The number of benzene rings is 2. The largest absolute Gasteiger partial charge is 0.493 e. The molecule has 2 aliphatic heterocycles. The third-order valence-electron chi connectivity index (χ3n) is 5.41. The predicted molar refractivity (Wildman–Crippen MR) is 112 cm³/mol. The van der Waals surface area contributed by atoms with Crippen LogP contribution < -0.4 is 10.2 Å². The topological polar surface area (TPSA) is 96.1 Å². The number of aromatic nitrogens is 2. The molecule has 2 aromatic carbocycles. The van der Waals surface area contributed by atoms with Gasteiger partial charge in [-0.1, -0.05) is 29.4 Å². The van der Waals surface area contributed by atoms with Crippen LogP contribution in [0.1, 0.15) is 30.8 Å². The summed E-state index contributed by atoms with van der Waals surface area (Å²) in [5.74, 6) is 0.841. The number of halogens is 1. The molecule has 0 saturated carbocycles. The van der Waals surface area contributed by atoms with E-state index in [-0.39, 0.29) is 30.2 Å². The van der Waals surface area contributed by atoms with Crippen molar-refractivity contribution in [3.05, 3.63) is 65.8 Å². The lowest BCUT2D eigenvalue weighted by Crippen LogP contribution is -2.50. The maximum absolute atomic E-state index is 13.2. The molecule has 1 amide bonds. The van der Waals surface area contributed by atoms with Crippen LogP contribution in [0.25, 0.3) is 11.4 Å². The number of carbonyl (C=O) groups excluding carboxylic acids is 1. The Morgan fingerprint density at radius 2 is 2.03 bits per heavy atom. The first-order valence-electron chi connectivity index (χ1n) is 10.3. The Kier molecular flexibility index (Phi) is 5.28. The van der Waals surface area contributed by atoms with Crippen LogP contribution in [-0.2, 0) is 11.3 Å². The summed E-state index contributed by atoms with van der Waals surface area (Å²) in [7, 11) is 0. The van der Waals surface area contributed by atoms with E-state index in [0.29, 0.717) is 30.2 Å². The molecule has 0 bridgehead atoms. The monoisotopic (exact) mass is 436 g/mol. The molecule has 9 nitrogen and oxygen atoms in total. The highest BCUT2D eigenvalue weighted by atomic mass is 19.1. The van der Waals surface area contributed by atoms with Crippen molar-refractivity contribution in [1.29, 1.82) is 0 Å². The maximum atomic E-state index is 13.2. The van der Waals surface area contributed by atoms with Gasteiger partial charge in [0.05, 0.1) is 18.2 Å². The fourth-order valence-corrected chi connectivity index (χ4v) is 3.85. The van der Waals surface area contributed by atoms with Crippen molar-refractivity contribution in [1.82, 2.24) is 25.6 Å². The summed E-state index contributed by atoms with van der Waals surface area (Å²) in [6.07, 6.45) is 2.10. The molecule has 0 aliphatic carbocycles. The van der Waals surface area contributed by atoms with Crippen LogP contribution in [0, 0.1) is 5.82 Å². The summed E-state index contributed by atoms with van der Waals surface area (Å²) in [4.78, 5) is 17.4. The van der Waals surface area contributed by atoms with Crippen LogP contribution in [-0.4, -0.2) is 45.1 Å². The normalized spacial score (nSPS) is 20.0. The zero-order valence-electron chi connectivity index (χ0n) is 17.3. The van der Waals surface area contributed by atoms with Crippen molar-refractivity contribution in [2.24, 2.45) is 5.10 Å². The number of hydrazone groups is 1. The highest BCUT2D eigenvalue weighted by Gasteiger charge is 2.41. The molecule has 0 radical (unpaired) electrons. The van der Waals surface area contributed by atoms with Crippen molar-refractivity contribution in [2.75, 3.05) is 6.61 Å². The number of amides is 1. The van der Waals surface area contributed by atoms with Crippen molar-refractivity contribution in [2.45, 2.75) is 32.0 Å². The Morgan fingerprint density at radius 3 is 2.84 bits per heavy atom. The summed E-state index contributed by atoms with van der Waals surface area (Å²) >= 11 is 0. The van der Waals surface area contributed by atoms with Gasteiger partial charge < -0.3 is 9.26 Å². The van der Waals surface area contributed by atoms with Gasteiger partial charge in [-0.3, -0.25) is 9.80 Å². The maximum Gasteiger partial charge on any atom is 0.267 e. The van der Waals surface area contributed by atoms with Gasteiger partial charge in [0.1, 0.15) is 30.5 Å². The highest BCUT2D eigenvalue weighted by molar-refractivity contribution is 5.87. The molecule has 10 heteroatoms. The zero-order valence-corrected chi connectivity index (χ0v) is 17.3. The Morgan fingerprint density at radius 1 is 1.22 bits per heavy atom. The second-order valence-corrected chi connectivity index (χ2v) is 7.46. The number of hydrogen-bond acceptors (Lipinski definition) is 8. The fraction of sp³-hybridized carbons (Fsp3) is 0.273. The number of nitrogens with one attached hydrogen (secondary N) is 1. The van der Waals surface area contributed by atoms with Crippen LogP contribution in [0.5, 0.6) is 5.75 Å². The molecular weight excluding hydrogens is 415 g/mol. The zero-order chi connectivity index (χ0) is 22.1. The van der Waals surface area contributed by atoms with Crippen molar-refractivity contribution < 1.29 is 18.4 Å². The molecule has 1 saturated heterocycles. The molecule has 5 rings (SSSR count). The van der Waals surface area contributed by atoms with Gasteiger partial charge >= 0.3 is 0 Å². The summed E-state index contributed by atoms with van der Waals surface area (Å²) in [5, 5.41) is 11.3. The van der Waals surface area contributed by atoms with Gasteiger partial charge in [0.15, 0.2) is 0 Å². The van der Waals surface area contributed by atoms with E-state index in [1.54, 1.807) is 23.5 Å². The summed E-state index contributed by atoms with van der Waals surface area (Å²) in [5.41, 5.74) is 4.86. The number of carbonyl (C=O) groups is 1. The SMILES string of the molecule is CCOc1ccccc1-c1noc(CN2N=CN3NC(c4ccc(F)cc4)CC3C2=O)n1. The quantitative estimate of drug-likeness (QED) is 0.635. The predicted octanol–water partition coefficient (Wildman–Crippen LogP) is 2.88. The lowest BCUT2D eigenvalue weighted by Gasteiger charge is -2.29. The van der Waals surface area contributed by atoms with E-state index >= 15 is 0 Å². The van der Waals surface area contributed by atoms with Crippen LogP contribution in [0.2, 0.25) is 0 Å². The fourth-order valence-electron chi connectivity index (χ4n) is 3.85. The van der Waals surface area contributed by atoms with Gasteiger partial charge in [-0.15, -0.1) is 0 Å². The molecule has 1 N–H and O–H groups in total. The first kappa shape index (κ1) is 20.1. The van der Waals surface area contributed by atoms with Crippen molar-refractivity contribution in [3.8, 4) is 17.1 Å². The van der Waals surface area contributed by atoms with E-state index in [4.69, 9.17) is 9.26 Å². The first-order chi connectivity index (χ1) is 15.6. The second-order valence-electron chi connectivity index (χ2n) is 7.46. The smallest absolute Gasteiger partial charge is 0.267 e. The van der Waals surface area contributed by atoms with Crippen LogP contribution >= 0.6 is 0 Å². The molecule has 3 heterocycles. The summed E-state index contributed by atoms with van der Waals surface area (Å²) in [6.45, 7) is 2.48. The number of ether oxygens (including phenoxy) is 1. The Balaban J connectivity index is 1.29. The van der Waals surface area contributed by atoms with Crippen molar-refractivity contribution in [3.63, 3.8) is 0 Å². The molecule has 2 aliphatic rings. The van der Waals surface area contributed by atoms with Gasteiger partial charge in [0.2, 0.25) is 11.7 Å². The average Bonchev–Trinajstić information content (AvgIpc) is 3.45. The molecule has 1 aromatic heterocycles. The lowest BCUT2D eigenvalue weighted by molar-refractivity contribution is -0.137. The van der Waals surface area contributed by atoms with Gasteiger partial charge in [-0.05, 0) is 43.2 Å². The lowest BCUT2D eigenvalue weighted by atomic mass is 10.0. The van der Waals surface area contributed by atoms with E-state index in [0.717, 1.165) is 5.56 Å².